The summed E-state index contributed by atoms with van der Waals surface area (Å²) >= 11 is 1.60. The van der Waals surface area contributed by atoms with Crippen LogP contribution in [0.2, 0.25) is 0 Å². The zero-order valence-electron chi connectivity index (χ0n) is 14.5. The molecule has 0 fully saturated rings. The van der Waals surface area contributed by atoms with Crippen LogP contribution in [-0.4, -0.2) is 15.9 Å². The molecule has 0 aliphatic heterocycles. The number of nitrogens with one attached hydrogen (secondary N) is 1. The van der Waals surface area contributed by atoms with Crippen LogP contribution in [0.5, 0.6) is 0 Å². The van der Waals surface area contributed by atoms with Crippen LogP contribution in [0.3, 0.4) is 0 Å². The van der Waals surface area contributed by atoms with Gasteiger partial charge in [0.05, 0.1) is 17.1 Å². The first kappa shape index (κ1) is 17.3. The fraction of sp³-hybridized carbons (Fsp3) is 0.250. The van der Waals surface area contributed by atoms with Gasteiger partial charge in [0.25, 0.3) is 0 Å². The van der Waals surface area contributed by atoms with Crippen molar-refractivity contribution in [1.82, 2.24) is 9.97 Å². The number of anilines is 1. The summed E-state index contributed by atoms with van der Waals surface area (Å²) in [5, 5.41) is 5.95. The van der Waals surface area contributed by atoms with Gasteiger partial charge in [-0.1, -0.05) is 12.1 Å². The molecule has 0 saturated carbocycles. The van der Waals surface area contributed by atoms with Crippen LogP contribution in [-0.2, 0) is 24.1 Å². The lowest BCUT2D eigenvalue weighted by Crippen LogP contribution is -2.14. The molecule has 0 bridgehead atoms. The number of aryl methyl sites for hydroxylation is 4. The van der Waals surface area contributed by atoms with Crippen molar-refractivity contribution < 1.29 is 4.79 Å². The number of nitrogens with zero attached hydrogens (tertiary/aromatic N) is 2. The molecule has 0 unspecified atom stereocenters. The number of hydrogen-bond acceptors (Lipinski definition) is 4. The van der Waals surface area contributed by atoms with Crippen molar-refractivity contribution in [2.75, 3.05) is 5.32 Å². The van der Waals surface area contributed by atoms with Crippen molar-refractivity contribution in [3.63, 3.8) is 0 Å². The second-order valence-electron chi connectivity index (χ2n) is 6.08. The number of thiazole rings is 1. The van der Waals surface area contributed by atoms with E-state index < -0.39 is 0 Å². The fourth-order valence-corrected chi connectivity index (χ4v) is 3.31. The maximum absolute atomic E-state index is 12.2. The van der Waals surface area contributed by atoms with Crippen molar-refractivity contribution in [1.29, 1.82) is 0 Å². The number of rotatable bonds is 6. The van der Waals surface area contributed by atoms with Crippen molar-refractivity contribution >= 4 is 22.9 Å². The summed E-state index contributed by atoms with van der Waals surface area (Å²) in [7, 11) is 0. The molecule has 1 amide bonds. The molecule has 5 heteroatoms. The summed E-state index contributed by atoms with van der Waals surface area (Å²) in [6.45, 7) is 4.10. The topological polar surface area (TPSA) is 54.9 Å². The van der Waals surface area contributed by atoms with Gasteiger partial charge in [0.1, 0.15) is 0 Å². The van der Waals surface area contributed by atoms with Crippen LogP contribution in [0.1, 0.15) is 27.5 Å². The molecule has 2 heterocycles. The van der Waals surface area contributed by atoms with Crippen LogP contribution >= 0.6 is 11.3 Å². The Morgan fingerprint density at radius 1 is 1.08 bits per heavy atom. The standard InChI is InChI=1S/C20H21N3OS/c1-14-6-7-17(11-15(14)2)22-19(24)12-18-13-25-20(23-18)9-8-16-5-3-4-10-21-16/h3-7,10-11,13H,8-9,12H2,1-2H3,(H,22,24). The van der Waals surface area contributed by atoms with Crippen molar-refractivity contribution in [3.8, 4) is 0 Å². The Morgan fingerprint density at radius 2 is 1.96 bits per heavy atom. The minimum Gasteiger partial charge on any atom is -0.326 e. The molecule has 0 atom stereocenters. The molecular formula is C20H21N3OS. The molecule has 0 aliphatic carbocycles. The van der Waals surface area contributed by atoms with E-state index in [4.69, 9.17) is 0 Å². The largest absolute Gasteiger partial charge is 0.326 e. The minimum atomic E-state index is -0.0372. The van der Waals surface area contributed by atoms with E-state index in [9.17, 15) is 4.79 Å². The van der Waals surface area contributed by atoms with E-state index in [0.717, 1.165) is 34.9 Å². The van der Waals surface area contributed by atoms with E-state index >= 15 is 0 Å². The Morgan fingerprint density at radius 3 is 2.72 bits per heavy atom. The smallest absolute Gasteiger partial charge is 0.230 e. The highest BCUT2D eigenvalue weighted by Gasteiger charge is 2.09. The molecule has 3 rings (SSSR count). The van der Waals surface area contributed by atoms with Crippen LogP contribution in [0.4, 0.5) is 5.69 Å². The highest BCUT2D eigenvalue weighted by atomic mass is 32.1. The van der Waals surface area contributed by atoms with Gasteiger partial charge in [-0.15, -0.1) is 11.3 Å². The normalized spacial score (nSPS) is 10.6. The lowest BCUT2D eigenvalue weighted by atomic mass is 10.1. The molecule has 4 nitrogen and oxygen atoms in total. The quantitative estimate of drug-likeness (QED) is 0.727. The summed E-state index contributed by atoms with van der Waals surface area (Å²) < 4.78 is 0. The third-order valence-electron chi connectivity index (χ3n) is 4.05. The van der Waals surface area contributed by atoms with Gasteiger partial charge in [0, 0.05) is 29.4 Å². The van der Waals surface area contributed by atoms with Crippen LogP contribution in [0.15, 0.2) is 48.0 Å². The summed E-state index contributed by atoms with van der Waals surface area (Å²) in [5.41, 5.74) is 5.10. The predicted octanol–water partition coefficient (Wildman–Crippen LogP) is 4.12. The second-order valence-corrected chi connectivity index (χ2v) is 7.02. The van der Waals surface area contributed by atoms with Gasteiger partial charge in [-0.05, 0) is 55.7 Å². The first-order valence-electron chi connectivity index (χ1n) is 8.30. The Hall–Kier alpha value is -2.53. The summed E-state index contributed by atoms with van der Waals surface area (Å²) in [5.74, 6) is -0.0372. The first-order chi connectivity index (χ1) is 12.1. The second kappa shape index (κ2) is 8.03. The number of hydrogen-bond donors (Lipinski definition) is 1. The maximum Gasteiger partial charge on any atom is 0.230 e. The third kappa shape index (κ3) is 4.97. The van der Waals surface area contributed by atoms with Gasteiger partial charge >= 0.3 is 0 Å². The minimum absolute atomic E-state index is 0.0372. The molecule has 0 radical (unpaired) electrons. The molecule has 1 N–H and O–H groups in total. The van der Waals surface area contributed by atoms with Crippen molar-refractivity contribution in [2.45, 2.75) is 33.1 Å². The van der Waals surface area contributed by atoms with Crippen LogP contribution in [0, 0.1) is 13.8 Å². The van der Waals surface area contributed by atoms with E-state index in [-0.39, 0.29) is 5.91 Å². The summed E-state index contributed by atoms with van der Waals surface area (Å²) in [4.78, 5) is 21.1. The van der Waals surface area contributed by atoms with Crippen molar-refractivity contribution in [2.24, 2.45) is 0 Å². The van der Waals surface area contributed by atoms with E-state index in [2.05, 4.69) is 22.2 Å². The van der Waals surface area contributed by atoms with Gasteiger partial charge in [0.2, 0.25) is 5.91 Å². The Labute approximate surface area is 152 Å². The molecule has 0 saturated heterocycles. The summed E-state index contributed by atoms with van der Waals surface area (Å²) in [6, 6.07) is 11.9. The van der Waals surface area contributed by atoms with Gasteiger partial charge < -0.3 is 5.32 Å². The SMILES string of the molecule is Cc1ccc(NC(=O)Cc2csc(CCc3ccccn3)n2)cc1C. The number of aromatic nitrogens is 2. The number of carbonyl (C=O) groups excluding carboxylic acids is 1. The molecule has 2 aromatic heterocycles. The molecular weight excluding hydrogens is 330 g/mol. The fourth-order valence-electron chi connectivity index (χ4n) is 2.51. The molecule has 3 aromatic rings. The summed E-state index contributed by atoms with van der Waals surface area (Å²) in [6.07, 6.45) is 3.82. The number of pyridine rings is 1. The zero-order chi connectivity index (χ0) is 17.6. The van der Waals surface area contributed by atoms with E-state index in [0.29, 0.717) is 6.42 Å². The average molecular weight is 351 g/mol. The van der Waals surface area contributed by atoms with Gasteiger partial charge in [-0.3, -0.25) is 9.78 Å². The Balaban J connectivity index is 1.53. The van der Waals surface area contributed by atoms with E-state index in [1.807, 2.05) is 48.7 Å². The number of benzene rings is 1. The predicted molar refractivity (Wildman–Crippen MR) is 102 cm³/mol. The molecule has 128 valence electrons. The monoisotopic (exact) mass is 351 g/mol. The first-order valence-corrected chi connectivity index (χ1v) is 9.18. The lowest BCUT2D eigenvalue weighted by Gasteiger charge is -2.06. The number of carbonyl (C=O) groups is 1. The average Bonchev–Trinajstić information content (AvgIpc) is 3.04. The third-order valence-corrected chi connectivity index (χ3v) is 5.01. The van der Waals surface area contributed by atoms with Gasteiger partial charge in [0.15, 0.2) is 0 Å². The molecule has 25 heavy (non-hydrogen) atoms. The maximum atomic E-state index is 12.2. The van der Waals surface area contributed by atoms with Crippen LogP contribution in [0.25, 0.3) is 0 Å². The highest BCUT2D eigenvalue weighted by Crippen LogP contribution is 2.16. The van der Waals surface area contributed by atoms with Gasteiger partial charge in [-0.25, -0.2) is 4.98 Å². The Bertz CT molecular complexity index is 858. The lowest BCUT2D eigenvalue weighted by molar-refractivity contribution is -0.115. The molecule has 0 aliphatic rings. The van der Waals surface area contributed by atoms with Gasteiger partial charge in [-0.2, -0.15) is 0 Å². The Kier molecular flexibility index (Phi) is 5.56. The van der Waals surface area contributed by atoms with E-state index in [1.165, 1.54) is 11.1 Å². The van der Waals surface area contributed by atoms with Crippen molar-refractivity contribution in [3.05, 3.63) is 75.5 Å². The zero-order valence-corrected chi connectivity index (χ0v) is 15.3. The highest BCUT2D eigenvalue weighted by molar-refractivity contribution is 7.09. The number of amides is 1. The molecule has 0 spiro atoms. The molecule has 1 aromatic carbocycles. The van der Waals surface area contributed by atoms with Crippen LogP contribution < -0.4 is 5.32 Å². The van der Waals surface area contributed by atoms with E-state index in [1.54, 1.807) is 17.5 Å².